The van der Waals surface area contributed by atoms with E-state index in [9.17, 15) is 9.90 Å². The summed E-state index contributed by atoms with van der Waals surface area (Å²) in [5.41, 5.74) is -0.988. The average molecular weight is 297 g/mol. The molecule has 0 atom stereocenters. The lowest BCUT2D eigenvalue weighted by Crippen LogP contribution is -2.59. The maximum absolute atomic E-state index is 12.0. The van der Waals surface area contributed by atoms with E-state index in [1.807, 2.05) is 0 Å². The number of aliphatic carboxylic acids is 1. The summed E-state index contributed by atoms with van der Waals surface area (Å²) < 4.78 is 6.11. The van der Waals surface area contributed by atoms with Crippen molar-refractivity contribution < 1.29 is 14.6 Å². The molecule has 0 amide bonds. The molecule has 0 spiro atoms. The average Bonchev–Trinajstić information content (AvgIpc) is 2.51. The van der Waals surface area contributed by atoms with Crippen LogP contribution in [-0.2, 0) is 9.53 Å². The van der Waals surface area contributed by atoms with Gasteiger partial charge in [-0.25, -0.2) is 0 Å². The number of rotatable bonds is 3. The van der Waals surface area contributed by atoms with Gasteiger partial charge in [0, 0.05) is 19.6 Å². The Kier molecular flexibility index (Phi) is 4.69. The van der Waals surface area contributed by atoms with Crippen molar-refractivity contribution in [2.24, 2.45) is 5.41 Å². The second-order valence-electron chi connectivity index (χ2n) is 8.27. The Labute approximate surface area is 128 Å². The first-order chi connectivity index (χ1) is 9.64. The van der Waals surface area contributed by atoms with Crippen LogP contribution >= 0.6 is 0 Å². The number of hydrogen-bond acceptors (Lipinski definition) is 3. The first kappa shape index (κ1) is 16.8. The van der Waals surface area contributed by atoms with Crippen LogP contribution in [-0.4, -0.2) is 46.8 Å². The first-order valence-electron chi connectivity index (χ1n) is 8.30. The zero-order valence-electron chi connectivity index (χ0n) is 14.1. The third kappa shape index (κ3) is 4.19. The SMILES string of the molecule is CC1(C)CN(CC2(C(=O)O)CCCCCC2)CC(C)(C)O1. The minimum Gasteiger partial charge on any atom is -0.481 e. The molecule has 1 aliphatic heterocycles. The molecule has 2 fully saturated rings. The molecule has 0 radical (unpaired) electrons. The fourth-order valence-electron chi connectivity index (χ4n) is 4.33. The summed E-state index contributed by atoms with van der Waals surface area (Å²) in [6, 6.07) is 0. The van der Waals surface area contributed by atoms with Crippen molar-refractivity contribution in [2.75, 3.05) is 19.6 Å². The summed E-state index contributed by atoms with van der Waals surface area (Å²) in [6.07, 6.45) is 6.08. The lowest BCUT2D eigenvalue weighted by Gasteiger charge is -2.49. The van der Waals surface area contributed by atoms with Crippen molar-refractivity contribution in [3.63, 3.8) is 0 Å². The minimum absolute atomic E-state index is 0.216. The van der Waals surface area contributed by atoms with Gasteiger partial charge in [0.15, 0.2) is 0 Å². The largest absolute Gasteiger partial charge is 0.481 e. The van der Waals surface area contributed by atoms with Gasteiger partial charge >= 0.3 is 5.97 Å². The second kappa shape index (κ2) is 5.88. The van der Waals surface area contributed by atoms with Crippen molar-refractivity contribution in [3.05, 3.63) is 0 Å². The van der Waals surface area contributed by atoms with Gasteiger partial charge in [-0.15, -0.1) is 0 Å². The third-order valence-electron chi connectivity index (χ3n) is 4.80. The summed E-state index contributed by atoms with van der Waals surface area (Å²) in [6.45, 7) is 10.7. The maximum atomic E-state index is 12.0. The van der Waals surface area contributed by atoms with E-state index in [0.29, 0.717) is 6.54 Å². The summed E-state index contributed by atoms with van der Waals surface area (Å²) >= 11 is 0. The van der Waals surface area contributed by atoms with Gasteiger partial charge in [-0.3, -0.25) is 9.69 Å². The fraction of sp³-hybridized carbons (Fsp3) is 0.941. The molecule has 1 saturated heterocycles. The highest BCUT2D eigenvalue weighted by molar-refractivity contribution is 5.75. The van der Waals surface area contributed by atoms with Gasteiger partial charge in [0.1, 0.15) is 0 Å². The van der Waals surface area contributed by atoms with Crippen LogP contribution in [0.25, 0.3) is 0 Å². The monoisotopic (exact) mass is 297 g/mol. The standard InChI is InChI=1S/C17H31NO3/c1-15(2)11-18(12-16(3,4)21-15)13-17(14(19)20)9-7-5-6-8-10-17/h5-13H2,1-4H3,(H,19,20). The van der Waals surface area contributed by atoms with E-state index in [1.165, 1.54) is 12.8 Å². The molecule has 1 N–H and O–H groups in total. The summed E-state index contributed by atoms with van der Waals surface area (Å²) in [4.78, 5) is 14.3. The van der Waals surface area contributed by atoms with Crippen molar-refractivity contribution in [2.45, 2.75) is 77.4 Å². The molecule has 0 bridgehead atoms. The Bertz CT molecular complexity index is 365. The molecule has 0 aromatic carbocycles. The van der Waals surface area contributed by atoms with E-state index in [0.717, 1.165) is 38.8 Å². The fourth-order valence-corrected chi connectivity index (χ4v) is 4.33. The highest BCUT2D eigenvalue weighted by Gasteiger charge is 2.45. The Hall–Kier alpha value is -0.610. The molecule has 4 nitrogen and oxygen atoms in total. The second-order valence-corrected chi connectivity index (χ2v) is 8.27. The Morgan fingerprint density at radius 3 is 1.90 bits per heavy atom. The van der Waals surface area contributed by atoms with E-state index in [2.05, 4.69) is 32.6 Å². The highest BCUT2D eigenvalue weighted by atomic mass is 16.5. The number of carboxylic acids is 1. The van der Waals surface area contributed by atoms with Gasteiger partial charge in [-0.1, -0.05) is 25.7 Å². The predicted octanol–water partition coefficient (Wildman–Crippen LogP) is 3.30. The molecule has 1 saturated carbocycles. The summed E-state index contributed by atoms with van der Waals surface area (Å²) in [5.74, 6) is -0.605. The van der Waals surface area contributed by atoms with Crippen LogP contribution in [0.4, 0.5) is 0 Å². The lowest BCUT2D eigenvalue weighted by molar-refractivity contribution is -0.188. The molecule has 0 aromatic rings. The molecule has 1 aliphatic carbocycles. The molecule has 122 valence electrons. The minimum atomic E-state index is -0.605. The van der Waals surface area contributed by atoms with Gasteiger partial charge in [-0.05, 0) is 40.5 Å². The Morgan fingerprint density at radius 2 is 1.48 bits per heavy atom. The number of hydrogen-bond donors (Lipinski definition) is 1. The first-order valence-corrected chi connectivity index (χ1v) is 8.30. The molecule has 4 heteroatoms. The molecule has 21 heavy (non-hydrogen) atoms. The summed E-state index contributed by atoms with van der Waals surface area (Å²) in [5, 5.41) is 9.85. The Balaban J connectivity index is 2.14. The molecule has 2 aliphatic rings. The number of morpholine rings is 1. The van der Waals surface area contributed by atoms with Crippen molar-refractivity contribution >= 4 is 5.97 Å². The molecule has 0 unspecified atom stereocenters. The van der Waals surface area contributed by atoms with E-state index < -0.39 is 11.4 Å². The zero-order valence-corrected chi connectivity index (χ0v) is 14.1. The van der Waals surface area contributed by atoms with Gasteiger partial charge < -0.3 is 9.84 Å². The van der Waals surface area contributed by atoms with Crippen LogP contribution in [0.1, 0.15) is 66.2 Å². The van der Waals surface area contributed by atoms with Crippen LogP contribution in [0.5, 0.6) is 0 Å². The van der Waals surface area contributed by atoms with Crippen LogP contribution in [0, 0.1) is 5.41 Å². The lowest BCUT2D eigenvalue weighted by atomic mass is 9.79. The molecular formula is C17H31NO3. The van der Waals surface area contributed by atoms with E-state index >= 15 is 0 Å². The molecule has 2 rings (SSSR count). The normalized spacial score (nSPS) is 28.8. The van der Waals surface area contributed by atoms with Crippen LogP contribution in [0.2, 0.25) is 0 Å². The van der Waals surface area contributed by atoms with Gasteiger partial charge in [0.25, 0.3) is 0 Å². The van der Waals surface area contributed by atoms with Gasteiger partial charge in [0.2, 0.25) is 0 Å². The van der Waals surface area contributed by atoms with Crippen molar-refractivity contribution in [3.8, 4) is 0 Å². The zero-order chi connectivity index (χ0) is 15.7. The number of ether oxygens (including phenoxy) is 1. The predicted molar refractivity (Wildman–Crippen MR) is 83.5 cm³/mol. The van der Waals surface area contributed by atoms with E-state index in [4.69, 9.17) is 4.74 Å². The van der Waals surface area contributed by atoms with Crippen molar-refractivity contribution in [1.82, 2.24) is 4.90 Å². The third-order valence-corrected chi connectivity index (χ3v) is 4.80. The Morgan fingerprint density at radius 1 is 1.00 bits per heavy atom. The van der Waals surface area contributed by atoms with Crippen LogP contribution < -0.4 is 0 Å². The topological polar surface area (TPSA) is 49.8 Å². The highest BCUT2D eigenvalue weighted by Crippen LogP contribution is 2.38. The molecular weight excluding hydrogens is 266 g/mol. The smallest absolute Gasteiger partial charge is 0.310 e. The maximum Gasteiger partial charge on any atom is 0.310 e. The molecule has 0 aromatic heterocycles. The van der Waals surface area contributed by atoms with E-state index in [-0.39, 0.29) is 11.2 Å². The summed E-state index contributed by atoms with van der Waals surface area (Å²) in [7, 11) is 0. The quantitative estimate of drug-likeness (QED) is 0.812. The van der Waals surface area contributed by atoms with Crippen molar-refractivity contribution in [1.29, 1.82) is 0 Å². The number of carboxylic acid groups (broad SMARTS) is 1. The van der Waals surface area contributed by atoms with Gasteiger partial charge in [0.05, 0.1) is 16.6 Å². The van der Waals surface area contributed by atoms with Crippen LogP contribution in [0.15, 0.2) is 0 Å². The van der Waals surface area contributed by atoms with Gasteiger partial charge in [-0.2, -0.15) is 0 Å². The molecule has 1 heterocycles. The van der Waals surface area contributed by atoms with E-state index in [1.54, 1.807) is 0 Å². The number of nitrogens with zero attached hydrogens (tertiary/aromatic N) is 1. The number of carbonyl (C=O) groups is 1. The van der Waals surface area contributed by atoms with Crippen LogP contribution in [0.3, 0.4) is 0 Å².